The van der Waals surface area contributed by atoms with Crippen LogP contribution in [0, 0.1) is 17.7 Å². The second kappa shape index (κ2) is 5.61. The van der Waals surface area contributed by atoms with Gasteiger partial charge in [-0.2, -0.15) is 0 Å². The summed E-state index contributed by atoms with van der Waals surface area (Å²) >= 11 is 0. The van der Waals surface area contributed by atoms with Gasteiger partial charge in [-0.15, -0.1) is 0 Å². The largest absolute Gasteiger partial charge is 0.313 e. The average molecular weight is 249 g/mol. The molecule has 3 atom stereocenters. The molecule has 0 amide bonds. The molecule has 1 aromatic carbocycles. The highest BCUT2D eigenvalue weighted by Crippen LogP contribution is 2.23. The first kappa shape index (κ1) is 13.2. The van der Waals surface area contributed by atoms with Crippen molar-refractivity contribution >= 4 is 5.78 Å². The summed E-state index contributed by atoms with van der Waals surface area (Å²) in [7, 11) is 0. The van der Waals surface area contributed by atoms with Crippen molar-refractivity contribution in [1.29, 1.82) is 0 Å². The van der Waals surface area contributed by atoms with Crippen molar-refractivity contribution < 1.29 is 9.18 Å². The number of ketones is 1. The van der Waals surface area contributed by atoms with Gasteiger partial charge in [0.05, 0.1) is 0 Å². The number of halogens is 1. The number of Topliss-reactive ketones (excluding diaryl/α,β-unsaturated/α-hetero) is 1. The average Bonchev–Trinajstić information content (AvgIpc) is 2.38. The van der Waals surface area contributed by atoms with Crippen LogP contribution in [0.2, 0.25) is 0 Å². The highest BCUT2D eigenvalue weighted by molar-refractivity contribution is 5.98. The lowest BCUT2D eigenvalue weighted by Crippen LogP contribution is -2.44. The molecule has 3 unspecified atom stereocenters. The minimum Gasteiger partial charge on any atom is -0.313 e. The first-order chi connectivity index (χ1) is 8.58. The summed E-state index contributed by atoms with van der Waals surface area (Å²) in [6.07, 6.45) is 2.21. The summed E-state index contributed by atoms with van der Waals surface area (Å²) in [6.45, 7) is 5.16. The molecular formula is C15H20FNO. The third-order valence-electron chi connectivity index (χ3n) is 3.85. The van der Waals surface area contributed by atoms with Crippen LogP contribution in [-0.2, 0) is 0 Å². The minimum atomic E-state index is -0.302. The zero-order valence-corrected chi connectivity index (χ0v) is 10.9. The van der Waals surface area contributed by atoms with Gasteiger partial charge < -0.3 is 5.32 Å². The molecule has 18 heavy (non-hydrogen) atoms. The molecule has 1 heterocycles. The third-order valence-corrected chi connectivity index (χ3v) is 3.85. The van der Waals surface area contributed by atoms with E-state index in [1.807, 2.05) is 6.92 Å². The van der Waals surface area contributed by atoms with Gasteiger partial charge in [-0.25, -0.2) is 4.39 Å². The van der Waals surface area contributed by atoms with Crippen LogP contribution in [0.3, 0.4) is 0 Å². The quantitative estimate of drug-likeness (QED) is 0.834. The summed E-state index contributed by atoms with van der Waals surface area (Å²) in [5.41, 5.74) is 0.601. The van der Waals surface area contributed by atoms with Gasteiger partial charge in [0.15, 0.2) is 5.78 Å². The van der Waals surface area contributed by atoms with Crippen LogP contribution in [0.4, 0.5) is 4.39 Å². The van der Waals surface area contributed by atoms with Crippen LogP contribution >= 0.6 is 0 Å². The Morgan fingerprint density at radius 3 is 2.67 bits per heavy atom. The Balaban J connectivity index is 2.06. The highest BCUT2D eigenvalue weighted by atomic mass is 19.1. The Hall–Kier alpha value is -1.22. The molecule has 0 spiro atoms. The van der Waals surface area contributed by atoms with Gasteiger partial charge in [0.25, 0.3) is 0 Å². The zero-order valence-electron chi connectivity index (χ0n) is 10.9. The molecule has 1 fully saturated rings. The van der Waals surface area contributed by atoms with E-state index in [0.29, 0.717) is 11.5 Å². The second-order valence-electron chi connectivity index (χ2n) is 5.35. The number of piperidine rings is 1. The van der Waals surface area contributed by atoms with Crippen molar-refractivity contribution in [1.82, 2.24) is 5.32 Å². The fraction of sp³-hybridized carbons (Fsp3) is 0.533. The molecule has 98 valence electrons. The molecule has 1 aliphatic heterocycles. The van der Waals surface area contributed by atoms with E-state index in [9.17, 15) is 9.18 Å². The summed E-state index contributed by atoms with van der Waals surface area (Å²) < 4.78 is 12.8. The Kier molecular flexibility index (Phi) is 4.12. The lowest BCUT2D eigenvalue weighted by Gasteiger charge is -2.31. The number of carbonyl (C=O) groups excluding carboxylic acids is 1. The molecule has 0 aromatic heterocycles. The van der Waals surface area contributed by atoms with Crippen LogP contribution in [0.5, 0.6) is 0 Å². The number of rotatable bonds is 3. The lowest BCUT2D eigenvalue weighted by molar-refractivity contribution is 0.0882. The molecular weight excluding hydrogens is 229 g/mol. The summed E-state index contributed by atoms with van der Waals surface area (Å²) in [6, 6.07) is 6.07. The van der Waals surface area contributed by atoms with Gasteiger partial charge in [0.2, 0.25) is 0 Å². The number of nitrogens with one attached hydrogen (secondary N) is 1. The van der Waals surface area contributed by atoms with E-state index in [0.717, 1.165) is 13.0 Å². The van der Waals surface area contributed by atoms with Crippen molar-refractivity contribution in [3.05, 3.63) is 35.6 Å². The van der Waals surface area contributed by atoms with E-state index in [1.54, 1.807) is 12.1 Å². The van der Waals surface area contributed by atoms with Crippen LogP contribution < -0.4 is 5.32 Å². The van der Waals surface area contributed by atoms with E-state index < -0.39 is 0 Å². The Labute approximate surface area is 108 Å². The molecule has 0 bridgehead atoms. The lowest BCUT2D eigenvalue weighted by atomic mass is 9.84. The molecule has 0 saturated carbocycles. The van der Waals surface area contributed by atoms with E-state index in [1.165, 1.54) is 18.6 Å². The summed E-state index contributed by atoms with van der Waals surface area (Å²) in [5, 5.41) is 3.42. The van der Waals surface area contributed by atoms with E-state index >= 15 is 0 Å². The summed E-state index contributed by atoms with van der Waals surface area (Å²) in [5.74, 6) is 0.406. The Morgan fingerprint density at radius 1 is 1.39 bits per heavy atom. The van der Waals surface area contributed by atoms with Crippen LogP contribution in [-0.4, -0.2) is 18.4 Å². The number of benzene rings is 1. The third kappa shape index (κ3) is 2.96. The Bertz CT molecular complexity index is 415. The van der Waals surface area contributed by atoms with Gasteiger partial charge in [-0.1, -0.05) is 13.8 Å². The first-order valence-corrected chi connectivity index (χ1v) is 6.61. The van der Waals surface area contributed by atoms with Gasteiger partial charge in [0.1, 0.15) is 5.82 Å². The fourth-order valence-corrected chi connectivity index (χ4v) is 2.59. The molecule has 1 aliphatic rings. The monoisotopic (exact) mass is 249 g/mol. The van der Waals surface area contributed by atoms with Gasteiger partial charge in [-0.05, 0) is 49.6 Å². The normalized spacial score (nSPS) is 25.7. The number of carbonyl (C=O) groups is 1. The number of hydrogen-bond acceptors (Lipinski definition) is 2. The standard InChI is InChI=1S/C15H20FNO/c1-10-7-8-17-14(9-10)11(2)15(18)12-3-5-13(16)6-4-12/h3-6,10-11,14,17H,7-9H2,1-2H3. The van der Waals surface area contributed by atoms with Gasteiger partial charge in [0, 0.05) is 17.5 Å². The zero-order chi connectivity index (χ0) is 13.1. The maximum atomic E-state index is 12.8. The smallest absolute Gasteiger partial charge is 0.167 e. The van der Waals surface area contributed by atoms with Crippen molar-refractivity contribution in [3.8, 4) is 0 Å². The van der Waals surface area contributed by atoms with Crippen molar-refractivity contribution in [2.75, 3.05) is 6.54 Å². The molecule has 3 heteroatoms. The van der Waals surface area contributed by atoms with E-state index in [-0.39, 0.29) is 23.6 Å². The molecule has 1 N–H and O–H groups in total. The van der Waals surface area contributed by atoms with Crippen molar-refractivity contribution in [3.63, 3.8) is 0 Å². The highest BCUT2D eigenvalue weighted by Gasteiger charge is 2.28. The molecule has 1 aromatic rings. The molecule has 0 aliphatic carbocycles. The van der Waals surface area contributed by atoms with E-state index in [2.05, 4.69) is 12.2 Å². The maximum absolute atomic E-state index is 12.8. The maximum Gasteiger partial charge on any atom is 0.167 e. The van der Waals surface area contributed by atoms with Crippen LogP contribution in [0.25, 0.3) is 0 Å². The van der Waals surface area contributed by atoms with Crippen LogP contribution in [0.1, 0.15) is 37.0 Å². The second-order valence-corrected chi connectivity index (χ2v) is 5.35. The molecule has 2 nitrogen and oxygen atoms in total. The molecule has 0 radical (unpaired) electrons. The first-order valence-electron chi connectivity index (χ1n) is 6.61. The predicted octanol–water partition coefficient (Wildman–Crippen LogP) is 3.03. The molecule has 1 saturated heterocycles. The molecule has 2 rings (SSSR count). The SMILES string of the molecule is CC1CCNC(C(C)C(=O)c2ccc(F)cc2)C1. The van der Waals surface area contributed by atoms with Gasteiger partial charge >= 0.3 is 0 Å². The van der Waals surface area contributed by atoms with Crippen molar-refractivity contribution in [2.24, 2.45) is 11.8 Å². The predicted molar refractivity (Wildman–Crippen MR) is 70.1 cm³/mol. The van der Waals surface area contributed by atoms with E-state index in [4.69, 9.17) is 0 Å². The topological polar surface area (TPSA) is 29.1 Å². The van der Waals surface area contributed by atoms with Crippen LogP contribution in [0.15, 0.2) is 24.3 Å². The summed E-state index contributed by atoms with van der Waals surface area (Å²) in [4.78, 5) is 12.3. The fourth-order valence-electron chi connectivity index (χ4n) is 2.59. The van der Waals surface area contributed by atoms with Gasteiger partial charge in [-0.3, -0.25) is 4.79 Å². The Morgan fingerprint density at radius 2 is 2.06 bits per heavy atom. The minimum absolute atomic E-state index is 0.0572. The number of hydrogen-bond donors (Lipinski definition) is 1. The van der Waals surface area contributed by atoms with Crippen molar-refractivity contribution in [2.45, 2.75) is 32.7 Å².